The fourth-order valence-corrected chi connectivity index (χ4v) is 2.30. The highest BCUT2D eigenvalue weighted by Crippen LogP contribution is 2.12. The Labute approximate surface area is 103 Å². The van der Waals surface area contributed by atoms with E-state index in [9.17, 15) is 0 Å². The predicted molar refractivity (Wildman–Crippen MR) is 70.7 cm³/mol. The van der Waals surface area contributed by atoms with Crippen molar-refractivity contribution in [2.45, 2.75) is 33.2 Å². The summed E-state index contributed by atoms with van der Waals surface area (Å²) in [4.78, 5) is 6.90. The monoisotopic (exact) mass is 241 g/mol. The highest BCUT2D eigenvalue weighted by atomic mass is 32.1. The molecule has 1 heterocycles. The summed E-state index contributed by atoms with van der Waals surface area (Å²) in [5, 5.41) is 3.31. The van der Waals surface area contributed by atoms with E-state index in [0.717, 1.165) is 30.4 Å². The third-order valence-corrected chi connectivity index (χ3v) is 3.44. The second-order valence-corrected chi connectivity index (χ2v) is 5.63. The number of aromatic nitrogens is 1. The van der Waals surface area contributed by atoms with E-state index in [4.69, 9.17) is 5.73 Å². The van der Waals surface area contributed by atoms with Gasteiger partial charge in [-0.15, -0.1) is 11.3 Å². The first-order chi connectivity index (χ1) is 7.61. The smallest absolute Gasteiger partial charge is 0.0941 e. The maximum atomic E-state index is 5.51. The minimum absolute atomic E-state index is 0.691. The summed E-state index contributed by atoms with van der Waals surface area (Å²) in [6.45, 7) is 7.30. The predicted octanol–water partition coefficient (Wildman–Crippen LogP) is 2.12. The van der Waals surface area contributed by atoms with Gasteiger partial charge in [0.2, 0.25) is 0 Å². The van der Waals surface area contributed by atoms with Crippen molar-refractivity contribution in [3.8, 4) is 0 Å². The molecule has 0 amide bonds. The lowest BCUT2D eigenvalue weighted by molar-refractivity contribution is 0.300. The number of hydrogen-bond donors (Lipinski definition) is 1. The number of nitrogens with two attached hydrogens (primary N) is 1. The van der Waals surface area contributed by atoms with E-state index in [0.29, 0.717) is 6.54 Å². The molecule has 0 fully saturated rings. The van der Waals surface area contributed by atoms with Gasteiger partial charge < -0.3 is 10.6 Å². The normalized spacial score (nSPS) is 11.6. The van der Waals surface area contributed by atoms with E-state index in [1.54, 1.807) is 11.3 Å². The zero-order valence-electron chi connectivity index (χ0n) is 10.6. The molecular weight excluding hydrogens is 218 g/mol. The van der Waals surface area contributed by atoms with Crippen molar-refractivity contribution in [2.75, 3.05) is 20.1 Å². The van der Waals surface area contributed by atoms with Crippen LogP contribution < -0.4 is 5.73 Å². The van der Waals surface area contributed by atoms with Gasteiger partial charge in [0, 0.05) is 18.3 Å². The first kappa shape index (κ1) is 13.6. The molecule has 0 atom stereocenters. The second-order valence-electron chi connectivity index (χ2n) is 4.69. The third-order valence-electron chi connectivity index (χ3n) is 2.48. The summed E-state index contributed by atoms with van der Waals surface area (Å²) in [6, 6.07) is 0. The van der Waals surface area contributed by atoms with E-state index >= 15 is 0 Å². The molecule has 0 aliphatic carbocycles. The molecule has 0 saturated carbocycles. The van der Waals surface area contributed by atoms with Gasteiger partial charge >= 0.3 is 0 Å². The van der Waals surface area contributed by atoms with Crippen LogP contribution in [0.2, 0.25) is 0 Å². The molecule has 0 aromatic carbocycles. The fourth-order valence-electron chi connectivity index (χ4n) is 1.49. The van der Waals surface area contributed by atoms with Gasteiger partial charge in [-0.3, -0.25) is 0 Å². The van der Waals surface area contributed by atoms with Gasteiger partial charge in [0.25, 0.3) is 0 Å². The lowest BCUT2D eigenvalue weighted by Crippen LogP contribution is -2.20. The summed E-state index contributed by atoms with van der Waals surface area (Å²) in [5.41, 5.74) is 6.69. The van der Waals surface area contributed by atoms with Crippen molar-refractivity contribution in [1.82, 2.24) is 9.88 Å². The molecule has 1 rings (SSSR count). The molecule has 0 unspecified atom stereocenters. The van der Waals surface area contributed by atoms with E-state index in [2.05, 4.69) is 36.2 Å². The Hall–Kier alpha value is -0.450. The summed E-state index contributed by atoms with van der Waals surface area (Å²) in [7, 11) is 2.16. The van der Waals surface area contributed by atoms with Crippen LogP contribution in [0, 0.1) is 5.92 Å². The molecule has 0 aliphatic heterocycles. The number of rotatable bonds is 7. The van der Waals surface area contributed by atoms with Gasteiger partial charge in [0.15, 0.2) is 0 Å². The number of thiazole rings is 1. The molecule has 16 heavy (non-hydrogen) atoms. The van der Waals surface area contributed by atoms with Gasteiger partial charge in [0.1, 0.15) is 0 Å². The average Bonchev–Trinajstić information content (AvgIpc) is 2.63. The lowest BCUT2D eigenvalue weighted by Gasteiger charge is -2.16. The minimum atomic E-state index is 0.691. The van der Waals surface area contributed by atoms with Crippen molar-refractivity contribution in [3.63, 3.8) is 0 Å². The maximum Gasteiger partial charge on any atom is 0.0941 e. The van der Waals surface area contributed by atoms with Crippen LogP contribution in [0.5, 0.6) is 0 Å². The van der Waals surface area contributed by atoms with Crippen LogP contribution in [0.4, 0.5) is 0 Å². The highest BCUT2D eigenvalue weighted by molar-refractivity contribution is 7.09. The van der Waals surface area contributed by atoms with Crippen molar-refractivity contribution in [3.05, 3.63) is 16.1 Å². The number of hydrogen-bond acceptors (Lipinski definition) is 4. The van der Waals surface area contributed by atoms with E-state index < -0.39 is 0 Å². The van der Waals surface area contributed by atoms with Crippen LogP contribution in [0.15, 0.2) is 5.38 Å². The van der Waals surface area contributed by atoms with Crippen LogP contribution in [-0.2, 0) is 13.0 Å². The van der Waals surface area contributed by atoms with Crippen molar-refractivity contribution in [2.24, 2.45) is 11.7 Å². The van der Waals surface area contributed by atoms with Crippen LogP contribution in [-0.4, -0.2) is 30.0 Å². The molecule has 3 nitrogen and oxygen atoms in total. The Bertz CT molecular complexity index is 296. The zero-order chi connectivity index (χ0) is 12.0. The Balaban J connectivity index is 2.34. The molecule has 2 N–H and O–H groups in total. The maximum absolute atomic E-state index is 5.51. The van der Waals surface area contributed by atoms with Gasteiger partial charge in [-0.2, -0.15) is 0 Å². The van der Waals surface area contributed by atoms with E-state index in [1.807, 2.05) is 0 Å². The Morgan fingerprint density at radius 2 is 2.25 bits per heavy atom. The van der Waals surface area contributed by atoms with Crippen LogP contribution in [0.25, 0.3) is 0 Å². The molecule has 0 spiro atoms. The molecule has 0 bridgehead atoms. The summed E-state index contributed by atoms with van der Waals surface area (Å²) < 4.78 is 0. The molecule has 0 saturated heterocycles. The van der Waals surface area contributed by atoms with Crippen molar-refractivity contribution in [1.29, 1.82) is 0 Å². The molecular formula is C12H23N3S. The molecule has 1 aromatic rings. The van der Waals surface area contributed by atoms with Crippen LogP contribution >= 0.6 is 11.3 Å². The first-order valence-electron chi connectivity index (χ1n) is 5.93. The van der Waals surface area contributed by atoms with Crippen LogP contribution in [0.3, 0.4) is 0 Å². The van der Waals surface area contributed by atoms with E-state index in [-0.39, 0.29) is 0 Å². The van der Waals surface area contributed by atoms with E-state index in [1.165, 1.54) is 12.1 Å². The fraction of sp³-hybridized carbons (Fsp3) is 0.750. The van der Waals surface area contributed by atoms with Crippen molar-refractivity contribution >= 4 is 11.3 Å². The number of nitrogens with zero attached hydrogens (tertiary/aromatic N) is 2. The summed E-state index contributed by atoms with van der Waals surface area (Å²) in [6.07, 6.45) is 2.15. The minimum Gasteiger partial charge on any atom is -0.330 e. The third kappa shape index (κ3) is 5.05. The van der Waals surface area contributed by atoms with Gasteiger partial charge in [-0.05, 0) is 32.5 Å². The zero-order valence-corrected chi connectivity index (χ0v) is 11.4. The van der Waals surface area contributed by atoms with Gasteiger partial charge in [-0.25, -0.2) is 4.98 Å². The summed E-state index contributed by atoms with van der Waals surface area (Å²) >= 11 is 1.72. The Morgan fingerprint density at radius 1 is 1.50 bits per heavy atom. The molecule has 4 heteroatoms. The SMILES string of the molecule is CC(C)CCN(C)Cc1csc(CCN)n1. The highest BCUT2D eigenvalue weighted by Gasteiger charge is 2.05. The standard InChI is InChI=1S/C12H23N3S/c1-10(2)5-7-15(3)8-11-9-16-12(14-11)4-6-13/h9-10H,4-8,13H2,1-3H3. The Kier molecular flexibility index (Phi) is 5.95. The van der Waals surface area contributed by atoms with Crippen molar-refractivity contribution < 1.29 is 0 Å². The molecule has 0 aliphatic rings. The van der Waals surface area contributed by atoms with Gasteiger partial charge in [-0.1, -0.05) is 13.8 Å². The molecule has 92 valence electrons. The second kappa shape index (κ2) is 6.99. The summed E-state index contributed by atoms with van der Waals surface area (Å²) in [5.74, 6) is 0.769. The largest absolute Gasteiger partial charge is 0.330 e. The first-order valence-corrected chi connectivity index (χ1v) is 6.81. The topological polar surface area (TPSA) is 42.1 Å². The molecule has 0 radical (unpaired) electrons. The lowest BCUT2D eigenvalue weighted by atomic mass is 10.1. The quantitative estimate of drug-likeness (QED) is 0.795. The Morgan fingerprint density at radius 3 is 2.88 bits per heavy atom. The van der Waals surface area contributed by atoms with Gasteiger partial charge in [0.05, 0.1) is 10.7 Å². The molecule has 1 aromatic heterocycles. The average molecular weight is 241 g/mol. The van der Waals surface area contributed by atoms with Crippen LogP contribution in [0.1, 0.15) is 31.0 Å².